The zero-order valence-corrected chi connectivity index (χ0v) is 19.7. The first-order valence-corrected chi connectivity index (χ1v) is 11.2. The first kappa shape index (κ1) is 24.7. The van der Waals surface area contributed by atoms with Crippen molar-refractivity contribution in [2.75, 3.05) is 0 Å². The minimum absolute atomic E-state index is 0.00176. The molecule has 4 aromatic rings. The van der Waals surface area contributed by atoms with E-state index in [1.807, 2.05) is 6.92 Å². The molecule has 1 atom stereocenters. The number of hydrogen-bond donors (Lipinski definition) is 0. The van der Waals surface area contributed by atoms with Crippen molar-refractivity contribution >= 4 is 5.69 Å². The summed E-state index contributed by atoms with van der Waals surface area (Å²) >= 11 is 0. The maximum absolute atomic E-state index is 13.7. The molecule has 0 aliphatic heterocycles. The Morgan fingerprint density at radius 3 is 2.36 bits per heavy atom. The van der Waals surface area contributed by atoms with Crippen LogP contribution in [-0.4, -0.2) is 18.9 Å². The molecule has 7 nitrogen and oxygen atoms in total. The highest BCUT2D eigenvalue weighted by atomic mass is 19.4. The van der Waals surface area contributed by atoms with Gasteiger partial charge in [-0.15, -0.1) is 0 Å². The normalized spacial score (nSPS) is 12.4. The molecule has 2 heterocycles. The van der Waals surface area contributed by atoms with Crippen molar-refractivity contribution in [3.05, 3.63) is 104 Å². The van der Waals surface area contributed by atoms with Crippen molar-refractivity contribution in [2.24, 2.45) is 0 Å². The van der Waals surface area contributed by atoms with Gasteiger partial charge in [0.25, 0.3) is 5.56 Å². The molecule has 0 N–H and O–H groups in total. The average Bonchev–Trinajstić information content (AvgIpc) is 3.33. The molecule has 184 valence electrons. The third-order valence-electron chi connectivity index (χ3n) is 6.11. The van der Waals surface area contributed by atoms with Gasteiger partial charge in [0.15, 0.2) is 5.69 Å². The average molecular weight is 493 g/mol. The Morgan fingerprint density at radius 2 is 1.75 bits per heavy atom. The second kappa shape index (κ2) is 9.34. The maximum Gasteiger partial charge on any atom is 0.416 e. The SMILES string of the molecule is [C-]#[N+]c1ccc(-n2nccc2-c2c(C)n(-c3cccc(C(F)(F)F)c3)c(=O)n([C@H](C)CC)c2=O)cc1. The number of rotatable bonds is 5. The zero-order valence-electron chi connectivity index (χ0n) is 19.7. The van der Waals surface area contributed by atoms with Crippen LogP contribution in [0.5, 0.6) is 0 Å². The monoisotopic (exact) mass is 493 g/mol. The van der Waals surface area contributed by atoms with E-state index in [1.54, 1.807) is 37.3 Å². The van der Waals surface area contributed by atoms with E-state index in [4.69, 9.17) is 6.57 Å². The second-order valence-corrected chi connectivity index (χ2v) is 8.32. The lowest BCUT2D eigenvalue weighted by Crippen LogP contribution is -2.43. The lowest BCUT2D eigenvalue weighted by Gasteiger charge is -2.21. The molecule has 0 saturated heterocycles. The molecule has 0 bridgehead atoms. The molecular weight excluding hydrogens is 471 g/mol. The number of alkyl halides is 3. The summed E-state index contributed by atoms with van der Waals surface area (Å²) in [4.78, 5) is 30.6. The number of hydrogen-bond acceptors (Lipinski definition) is 3. The van der Waals surface area contributed by atoms with Crippen molar-refractivity contribution in [1.29, 1.82) is 0 Å². The van der Waals surface area contributed by atoms with E-state index < -0.39 is 29.0 Å². The molecular formula is C26H22F3N5O2. The van der Waals surface area contributed by atoms with Crippen molar-refractivity contribution in [3.63, 3.8) is 0 Å². The van der Waals surface area contributed by atoms with Gasteiger partial charge in [0.2, 0.25) is 0 Å². The fourth-order valence-corrected chi connectivity index (χ4v) is 4.08. The Morgan fingerprint density at radius 1 is 1.06 bits per heavy atom. The molecule has 2 aromatic heterocycles. The maximum atomic E-state index is 13.7. The van der Waals surface area contributed by atoms with Crippen LogP contribution in [0.2, 0.25) is 0 Å². The largest absolute Gasteiger partial charge is 0.416 e. The van der Waals surface area contributed by atoms with E-state index in [0.717, 1.165) is 21.3 Å². The summed E-state index contributed by atoms with van der Waals surface area (Å²) < 4.78 is 44.0. The van der Waals surface area contributed by atoms with Gasteiger partial charge < -0.3 is 0 Å². The summed E-state index contributed by atoms with van der Waals surface area (Å²) in [6, 6.07) is 12.1. The van der Waals surface area contributed by atoms with E-state index in [2.05, 4.69) is 9.94 Å². The standard InChI is InChI=1S/C26H22F3N5O2/c1-5-16(2)32-24(35)23(22-13-14-31-34(22)20-11-9-19(30-4)10-12-20)17(3)33(25(32)36)21-8-6-7-18(15-21)26(27,28)29/h6-16H,5H2,1-3H3/t16-/m1/s1. The van der Waals surface area contributed by atoms with Crippen LogP contribution in [-0.2, 0) is 6.18 Å². The number of benzene rings is 2. The number of halogens is 3. The Bertz CT molecular complexity index is 1590. The molecule has 0 saturated carbocycles. The van der Waals surface area contributed by atoms with Crippen LogP contribution >= 0.6 is 0 Å². The van der Waals surface area contributed by atoms with Crippen molar-refractivity contribution in [2.45, 2.75) is 39.4 Å². The zero-order chi connectivity index (χ0) is 26.2. The van der Waals surface area contributed by atoms with Crippen molar-refractivity contribution < 1.29 is 13.2 Å². The van der Waals surface area contributed by atoms with E-state index >= 15 is 0 Å². The molecule has 10 heteroatoms. The van der Waals surface area contributed by atoms with Gasteiger partial charge in [0, 0.05) is 11.7 Å². The van der Waals surface area contributed by atoms with Crippen LogP contribution < -0.4 is 11.2 Å². The van der Waals surface area contributed by atoms with E-state index in [-0.39, 0.29) is 16.9 Å². The lowest BCUT2D eigenvalue weighted by atomic mass is 10.1. The first-order valence-electron chi connectivity index (χ1n) is 11.2. The second-order valence-electron chi connectivity index (χ2n) is 8.32. The van der Waals surface area contributed by atoms with E-state index in [0.29, 0.717) is 23.5 Å². The number of aromatic nitrogens is 4. The topological polar surface area (TPSA) is 66.2 Å². The number of nitrogens with zero attached hydrogens (tertiary/aromatic N) is 5. The van der Waals surface area contributed by atoms with E-state index in [9.17, 15) is 22.8 Å². The molecule has 0 fully saturated rings. The van der Waals surface area contributed by atoms with Gasteiger partial charge in [0.05, 0.1) is 41.0 Å². The summed E-state index contributed by atoms with van der Waals surface area (Å²) in [5, 5.41) is 4.32. The Hall–Kier alpha value is -4.39. The van der Waals surface area contributed by atoms with Crippen molar-refractivity contribution in [1.82, 2.24) is 18.9 Å². The molecule has 0 unspecified atom stereocenters. The van der Waals surface area contributed by atoms with Crippen LogP contribution in [0.25, 0.3) is 27.5 Å². The third-order valence-corrected chi connectivity index (χ3v) is 6.11. The molecule has 0 spiro atoms. The minimum Gasteiger partial charge on any atom is -0.268 e. The molecule has 4 rings (SSSR count). The van der Waals surface area contributed by atoms with E-state index in [1.165, 1.54) is 29.9 Å². The summed E-state index contributed by atoms with van der Waals surface area (Å²) in [5.74, 6) is 0. The van der Waals surface area contributed by atoms with Gasteiger partial charge in [-0.05, 0) is 56.7 Å². The lowest BCUT2D eigenvalue weighted by molar-refractivity contribution is -0.137. The van der Waals surface area contributed by atoms with Crippen LogP contribution in [0.3, 0.4) is 0 Å². The van der Waals surface area contributed by atoms with Crippen LogP contribution in [0.15, 0.2) is 70.4 Å². The highest BCUT2D eigenvalue weighted by Crippen LogP contribution is 2.31. The Kier molecular flexibility index (Phi) is 6.41. The molecule has 0 radical (unpaired) electrons. The quantitative estimate of drug-likeness (QED) is 0.335. The Balaban J connectivity index is 2.05. The van der Waals surface area contributed by atoms with Gasteiger partial charge in [-0.3, -0.25) is 13.9 Å². The smallest absolute Gasteiger partial charge is 0.268 e. The summed E-state index contributed by atoms with van der Waals surface area (Å²) in [5.41, 5.74) is -0.489. The predicted molar refractivity (Wildman–Crippen MR) is 130 cm³/mol. The summed E-state index contributed by atoms with van der Waals surface area (Å²) in [7, 11) is 0. The van der Waals surface area contributed by atoms with Crippen molar-refractivity contribution in [3.8, 4) is 22.6 Å². The summed E-state index contributed by atoms with van der Waals surface area (Å²) in [6.07, 6.45) is -2.65. The highest BCUT2D eigenvalue weighted by molar-refractivity contribution is 5.65. The highest BCUT2D eigenvalue weighted by Gasteiger charge is 2.31. The molecule has 2 aromatic carbocycles. The van der Waals surface area contributed by atoms with Gasteiger partial charge in [-0.25, -0.2) is 14.3 Å². The van der Waals surface area contributed by atoms with Gasteiger partial charge >= 0.3 is 11.9 Å². The molecule has 0 aliphatic rings. The predicted octanol–water partition coefficient (Wildman–Crippen LogP) is 5.70. The van der Waals surface area contributed by atoms with Gasteiger partial charge in [0.1, 0.15) is 0 Å². The Labute approximate surface area is 204 Å². The third kappa shape index (κ3) is 4.24. The first-order chi connectivity index (χ1) is 17.1. The molecule has 0 amide bonds. The van der Waals surface area contributed by atoms with Crippen LogP contribution in [0, 0.1) is 13.5 Å². The van der Waals surface area contributed by atoms with Crippen LogP contribution in [0.1, 0.15) is 37.6 Å². The van der Waals surface area contributed by atoms with Gasteiger partial charge in [-0.1, -0.05) is 25.1 Å². The fourth-order valence-electron chi connectivity index (χ4n) is 4.08. The van der Waals surface area contributed by atoms with Gasteiger partial charge in [-0.2, -0.15) is 18.3 Å². The fraction of sp³-hybridized carbons (Fsp3) is 0.231. The minimum atomic E-state index is -4.60. The molecule has 36 heavy (non-hydrogen) atoms. The van der Waals surface area contributed by atoms with Crippen LogP contribution in [0.4, 0.5) is 18.9 Å². The summed E-state index contributed by atoms with van der Waals surface area (Å²) in [6.45, 7) is 12.2. The molecule has 0 aliphatic carbocycles.